The van der Waals surface area contributed by atoms with Crippen LogP contribution in [0.1, 0.15) is 5.82 Å². The molecule has 0 unspecified atom stereocenters. The number of rotatable bonds is 6. The summed E-state index contributed by atoms with van der Waals surface area (Å²) in [6.07, 6.45) is 2.33. The third kappa shape index (κ3) is 5.49. The van der Waals surface area contributed by atoms with Gasteiger partial charge in [0.1, 0.15) is 11.6 Å². The standard InChI is InChI=1S/C21H27N7O2.HI/c1-22-21(23-10-9-19-24-20(26-25-19)18-8-5-15-30-18)28-13-11-27(12-14-28)16-6-3-4-7-17(16)29-2;/h3-8,15H,9-14H2,1-2H3,(H,22,23)(H,24,25,26);1H. The lowest BCUT2D eigenvalue weighted by Gasteiger charge is -2.38. The molecular weight excluding hydrogens is 509 g/mol. The van der Waals surface area contributed by atoms with Crippen LogP contribution in [0.2, 0.25) is 0 Å². The van der Waals surface area contributed by atoms with E-state index in [9.17, 15) is 0 Å². The Kier molecular flexibility index (Phi) is 8.15. The van der Waals surface area contributed by atoms with Crippen molar-refractivity contribution in [1.82, 2.24) is 25.4 Å². The Morgan fingerprint density at radius 1 is 1.19 bits per heavy atom. The van der Waals surface area contributed by atoms with E-state index in [0.717, 1.165) is 49.4 Å². The number of hydrogen-bond donors (Lipinski definition) is 2. The monoisotopic (exact) mass is 537 g/mol. The van der Waals surface area contributed by atoms with E-state index < -0.39 is 0 Å². The number of aromatic nitrogens is 3. The highest BCUT2D eigenvalue weighted by molar-refractivity contribution is 14.0. The predicted octanol–water partition coefficient (Wildman–Crippen LogP) is 2.63. The third-order valence-electron chi connectivity index (χ3n) is 5.14. The van der Waals surface area contributed by atoms with Gasteiger partial charge in [0.05, 0.1) is 19.1 Å². The summed E-state index contributed by atoms with van der Waals surface area (Å²) in [5.41, 5.74) is 1.14. The van der Waals surface area contributed by atoms with Crippen LogP contribution in [-0.2, 0) is 6.42 Å². The van der Waals surface area contributed by atoms with Crippen molar-refractivity contribution >= 4 is 35.6 Å². The molecule has 0 radical (unpaired) electrons. The fraction of sp³-hybridized carbons (Fsp3) is 0.381. The quantitative estimate of drug-likeness (QED) is 0.284. The molecule has 10 heteroatoms. The molecule has 1 aliphatic heterocycles. The summed E-state index contributed by atoms with van der Waals surface area (Å²) in [4.78, 5) is 13.6. The average molecular weight is 537 g/mol. The highest BCUT2D eigenvalue weighted by Crippen LogP contribution is 2.28. The molecule has 4 rings (SSSR count). The number of nitrogens with one attached hydrogen (secondary N) is 2. The predicted molar refractivity (Wildman–Crippen MR) is 131 cm³/mol. The Bertz CT molecular complexity index is 966. The second-order valence-electron chi connectivity index (χ2n) is 6.95. The van der Waals surface area contributed by atoms with Gasteiger partial charge in [-0.2, -0.15) is 5.10 Å². The number of aromatic amines is 1. The number of anilines is 1. The number of H-pyrrole nitrogens is 1. The van der Waals surface area contributed by atoms with Crippen molar-refractivity contribution in [3.8, 4) is 17.3 Å². The van der Waals surface area contributed by atoms with Crippen LogP contribution in [0.15, 0.2) is 52.1 Å². The summed E-state index contributed by atoms with van der Waals surface area (Å²) in [6.45, 7) is 4.32. The van der Waals surface area contributed by atoms with Gasteiger partial charge in [0.25, 0.3) is 0 Å². The van der Waals surface area contributed by atoms with Gasteiger partial charge in [0, 0.05) is 46.2 Å². The zero-order valence-electron chi connectivity index (χ0n) is 17.7. The van der Waals surface area contributed by atoms with E-state index in [4.69, 9.17) is 9.15 Å². The zero-order valence-corrected chi connectivity index (χ0v) is 20.1. The second-order valence-corrected chi connectivity index (χ2v) is 6.95. The number of para-hydroxylation sites is 2. The number of methoxy groups -OCH3 is 1. The molecule has 166 valence electrons. The minimum atomic E-state index is 0. The lowest BCUT2D eigenvalue weighted by molar-refractivity contribution is 0.367. The molecule has 0 bridgehead atoms. The normalized spacial score (nSPS) is 14.3. The number of halogens is 1. The smallest absolute Gasteiger partial charge is 0.216 e. The van der Waals surface area contributed by atoms with Crippen molar-refractivity contribution in [2.24, 2.45) is 4.99 Å². The minimum absolute atomic E-state index is 0. The average Bonchev–Trinajstić information content (AvgIpc) is 3.49. The van der Waals surface area contributed by atoms with Crippen molar-refractivity contribution < 1.29 is 9.15 Å². The summed E-state index contributed by atoms with van der Waals surface area (Å²) in [5.74, 6) is 3.86. The molecule has 1 aromatic carbocycles. The molecule has 9 nitrogen and oxygen atoms in total. The molecule has 31 heavy (non-hydrogen) atoms. The number of benzene rings is 1. The first kappa shape index (κ1) is 22.9. The summed E-state index contributed by atoms with van der Waals surface area (Å²) >= 11 is 0. The van der Waals surface area contributed by atoms with E-state index in [2.05, 4.69) is 41.4 Å². The minimum Gasteiger partial charge on any atom is -0.495 e. The van der Waals surface area contributed by atoms with Crippen LogP contribution >= 0.6 is 24.0 Å². The number of ether oxygens (including phenoxy) is 1. The van der Waals surface area contributed by atoms with Crippen molar-refractivity contribution in [3.63, 3.8) is 0 Å². The molecule has 3 heterocycles. The van der Waals surface area contributed by atoms with Crippen LogP contribution in [0.4, 0.5) is 5.69 Å². The van der Waals surface area contributed by atoms with Gasteiger partial charge in [-0.3, -0.25) is 10.1 Å². The van der Waals surface area contributed by atoms with Gasteiger partial charge >= 0.3 is 0 Å². The van der Waals surface area contributed by atoms with E-state index in [1.165, 1.54) is 0 Å². The summed E-state index contributed by atoms with van der Waals surface area (Å²) in [7, 11) is 3.53. The summed E-state index contributed by atoms with van der Waals surface area (Å²) < 4.78 is 10.8. The van der Waals surface area contributed by atoms with Gasteiger partial charge in [-0.25, -0.2) is 4.98 Å². The van der Waals surface area contributed by atoms with Crippen LogP contribution in [0.3, 0.4) is 0 Å². The topological polar surface area (TPSA) is 94.8 Å². The van der Waals surface area contributed by atoms with Gasteiger partial charge in [-0.1, -0.05) is 12.1 Å². The molecule has 0 amide bonds. The molecule has 0 atom stereocenters. The van der Waals surface area contributed by atoms with Crippen LogP contribution in [0.5, 0.6) is 5.75 Å². The molecular formula is C21H28IN7O2. The molecule has 0 spiro atoms. The van der Waals surface area contributed by atoms with Crippen molar-refractivity contribution in [2.75, 3.05) is 51.8 Å². The Morgan fingerprint density at radius 3 is 2.71 bits per heavy atom. The van der Waals surface area contributed by atoms with Crippen LogP contribution in [0.25, 0.3) is 11.6 Å². The number of furan rings is 1. The maximum absolute atomic E-state index is 5.50. The molecule has 1 fully saturated rings. The molecule has 2 aromatic heterocycles. The molecule has 3 aromatic rings. The van der Waals surface area contributed by atoms with Crippen molar-refractivity contribution in [1.29, 1.82) is 0 Å². The fourth-order valence-electron chi connectivity index (χ4n) is 3.60. The first-order chi connectivity index (χ1) is 14.8. The number of piperazine rings is 1. The number of nitrogens with zero attached hydrogens (tertiary/aromatic N) is 5. The largest absolute Gasteiger partial charge is 0.495 e. The van der Waals surface area contributed by atoms with E-state index in [0.29, 0.717) is 24.6 Å². The third-order valence-corrected chi connectivity index (χ3v) is 5.14. The van der Waals surface area contributed by atoms with Gasteiger partial charge in [0.2, 0.25) is 5.82 Å². The maximum Gasteiger partial charge on any atom is 0.216 e. The number of hydrogen-bond acceptors (Lipinski definition) is 6. The van der Waals surface area contributed by atoms with Gasteiger partial charge in [-0.15, -0.1) is 24.0 Å². The molecule has 0 saturated carbocycles. The van der Waals surface area contributed by atoms with E-state index >= 15 is 0 Å². The molecule has 0 aliphatic carbocycles. The molecule has 2 N–H and O–H groups in total. The van der Waals surface area contributed by atoms with E-state index in [1.807, 2.05) is 37.4 Å². The van der Waals surface area contributed by atoms with Crippen LogP contribution in [0, 0.1) is 0 Å². The van der Waals surface area contributed by atoms with Gasteiger partial charge < -0.3 is 24.3 Å². The first-order valence-corrected chi connectivity index (χ1v) is 10.1. The number of aliphatic imine (C=N–C) groups is 1. The Labute approximate surface area is 198 Å². The lowest BCUT2D eigenvalue weighted by atomic mass is 10.2. The van der Waals surface area contributed by atoms with E-state index in [-0.39, 0.29) is 24.0 Å². The van der Waals surface area contributed by atoms with Crippen molar-refractivity contribution in [3.05, 3.63) is 48.5 Å². The first-order valence-electron chi connectivity index (χ1n) is 10.1. The molecule has 1 aliphatic rings. The van der Waals surface area contributed by atoms with Crippen molar-refractivity contribution in [2.45, 2.75) is 6.42 Å². The Hall–Kier alpha value is -2.76. The summed E-state index contributed by atoms with van der Waals surface area (Å²) in [6, 6.07) is 11.8. The zero-order chi connectivity index (χ0) is 20.8. The highest BCUT2D eigenvalue weighted by atomic mass is 127. The fourth-order valence-corrected chi connectivity index (χ4v) is 3.60. The second kappa shape index (κ2) is 11.0. The maximum atomic E-state index is 5.50. The lowest BCUT2D eigenvalue weighted by Crippen LogP contribution is -2.52. The highest BCUT2D eigenvalue weighted by Gasteiger charge is 2.21. The van der Waals surface area contributed by atoms with Crippen LogP contribution < -0.4 is 15.0 Å². The Balaban J connectivity index is 0.00000272. The van der Waals surface area contributed by atoms with Gasteiger partial charge in [0.15, 0.2) is 11.7 Å². The SMILES string of the molecule is CN=C(NCCc1nc(-c2ccco2)n[nH]1)N1CCN(c2ccccc2OC)CC1.I. The molecule has 1 saturated heterocycles. The van der Waals surface area contributed by atoms with E-state index in [1.54, 1.807) is 13.4 Å². The van der Waals surface area contributed by atoms with Gasteiger partial charge in [-0.05, 0) is 24.3 Å². The number of guanidine groups is 1. The Morgan fingerprint density at radius 2 is 2.00 bits per heavy atom. The summed E-state index contributed by atoms with van der Waals surface area (Å²) in [5, 5.41) is 10.6. The van der Waals surface area contributed by atoms with Crippen LogP contribution in [-0.4, -0.2) is 72.9 Å².